The Labute approximate surface area is 113 Å². The van der Waals surface area contributed by atoms with Crippen LogP contribution in [0.15, 0.2) is 24.3 Å². The molecule has 18 heavy (non-hydrogen) atoms. The zero-order chi connectivity index (χ0) is 13.0. The third-order valence-electron chi connectivity index (χ3n) is 3.26. The van der Waals surface area contributed by atoms with Crippen LogP contribution >= 0.6 is 11.8 Å². The second-order valence-electron chi connectivity index (χ2n) is 4.78. The molecule has 4 heteroatoms. The Bertz CT molecular complexity index is 405. The molecule has 0 aromatic heterocycles. The number of nitrogens with zero attached hydrogens (tertiary/aromatic N) is 1. The SMILES string of the molecule is CSCc1ccc(C(=O)N2CCC[C@H](N)C2)cc1. The highest BCUT2D eigenvalue weighted by molar-refractivity contribution is 7.97. The van der Waals surface area contributed by atoms with Crippen LogP contribution in [0.1, 0.15) is 28.8 Å². The van der Waals surface area contributed by atoms with Crippen molar-refractivity contribution >= 4 is 17.7 Å². The van der Waals surface area contributed by atoms with Crippen molar-refractivity contribution in [3.63, 3.8) is 0 Å². The first-order valence-electron chi connectivity index (χ1n) is 6.33. The lowest BCUT2D eigenvalue weighted by Gasteiger charge is -2.30. The van der Waals surface area contributed by atoms with Crippen molar-refractivity contribution in [3.8, 4) is 0 Å². The van der Waals surface area contributed by atoms with Crippen LogP contribution in [0.25, 0.3) is 0 Å². The number of hydrogen-bond donors (Lipinski definition) is 1. The summed E-state index contributed by atoms with van der Waals surface area (Å²) in [7, 11) is 0. The number of benzene rings is 1. The first kappa shape index (κ1) is 13.4. The summed E-state index contributed by atoms with van der Waals surface area (Å²) in [6.07, 6.45) is 4.11. The fourth-order valence-electron chi connectivity index (χ4n) is 2.29. The number of hydrogen-bond acceptors (Lipinski definition) is 3. The predicted octanol–water partition coefficient (Wildman–Crippen LogP) is 2.11. The fraction of sp³-hybridized carbons (Fsp3) is 0.500. The van der Waals surface area contributed by atoms with Gasteiger partial charge in [-0.05, 0) is 36.8 Å². The van der Waals surface area contributed by atoms with Crippen LogP contribution in [-0.2, 0) is 5.75 Å². The quantitative estimate of drug-likeness (QED) is 0.909. The minimum Gasteiger partial charge on any atom is -0.337 e. The van der Waals surface area contributed by atoms with E-state index in [1.165, 1.54) is 5.56 Å². The second kappa shape index (κ2) is 6.25. The number of nitrogens with two attached hydrogens (primary N) is 1. The van der Waals surface area contributed by atoms with E-state index < -0.39 is 0 Å². The van der Waals surface area contributed by atoms with Crippen molar-refractivity contribution in [2.24, 2.45) is 5.73 Å². The number of thioether (sulfide) groups is 1. The van der Waals surface area contributed by atoms with E-state index in [0.717, 1.165) is 30.7 Å². The van der Waals surface area contributed by atoms with Crippen molar-refractivity contribution in [2.75, 3.05) is 19.3 Å². The Morgan fingerprint density at radius 1 is 1.44 bits per heavy atom. The van der Waals surface area contributed by atoms with E-state index in [4.69, 9.17) is 5.73 Å². The molecule has 1 aromatic rings. The maximum absolute atomic E-state index is 12.3. The lowest BCUT2D eigenvalue weighted by atomic mass is 10.0. The largest absolute Gasteiger partial charge is 0.337 e. The van der Waals surface area contributed by atoms with Gasteiger partial charge in [-0.2, -0.15) is 11.8 Å². The number of carbonyl (C=O) groups excluding carboxylic acids is 1. The molecule has 0 spiro atoms. The number of piperidine rings is 1. The number of likely N-dealkylation sites (tertiary alicyclic amines) is 1. The van der Waals surface area contributed by atoms with Crippen molar-refractivity contribution in [1.29, 1.82) is 0 Å². The molecule has 1 aromatic carbocycles. The zero-order valence-corrected chi connectivity index (χ0v) is 11.6. The molecule has 0 aliphatic carbocycles. The molecule has 98 valence electrons. The first-order valence-corrected chi connectivity index (χ1v) is 7.73. The Hall–Kier alpha value is -1.00. The van der Waals surface area contributed by atoms with Gasteiger partial charge < -0.3 is 10.6 Å². The normalized spacial score (nSPS) is 19.9. The molecular weight excluding hydrogens is 244 g/mol. The highest BCUT2D eigenvalue weighted by Crippen LogP contribution is 2.15. The predicted molar refractivity (Wildman–Crippen MR) is 76.8 cm³/mol. The molecule has 1 atom stereocenters. The molecule has 1 fully saturated rings. The summed E-state index contributed by atoms with van der Waals surface area (Å²) in [5, 5.41) is 0. The van der Waals surface area contributed by atoms with Gasteiger partial charge >= 0.3 is 0 Å². The van der Waals surface area contributed by atoms with E-state index in [1.54, 1.807) is 11.8 Å². The average molecular weight is 264 g/mol. The van der Waals surface area contributed by atoms with E-state index in [0.29, 0.717) is 6.54 Å². The van der Waals surface area contributed by atoms with Crippen LogP contribution in [0, 0.1) is 0 Å². The molecule has 1 saturated heterocycles. The van der Waals surface area contributed by atoms with Crippen molar-refractivity contribution < 1.29 is 4.79 Å². The lowest BCUT2D eigenvalue weighted by molar-refractivity contribution is 0.0709. The van der Waals surface area contributed by atoms with Gasteiger partial charge in [0.25, 0.3) is 5.91 Å². The van der Waals surface area contributed by atoms with Crippen LogP contribution in [-0.4, -0.2) is 36.2 Å². The Morgan fingerprint density at radius 2 is 2.17 bits per heavy atom. The first-order chi connectivity index (χ1) is 8.70. The Morgan fingerprint density at radius 3 is 2.78 bits per heavy atom. The average Bonchev–Trinajstić information content (AvgIpc) is 2.39. The number of carbonyl (C=O) groups is 1. The molecule has 0 saturated carbocycles. The number of amides is 1. The summed E-state index contributed by atoms with van der Waals surface area (Å²) in [6.45, 7) is 1.52. The second-order valence-corrected chi connectivity index (χ2v) is 5.65. The van der Waals surface area contributed by atoms with Gasteiger partial charge in [0, 0.05) is 30.4 Å². The molecule has 1 amide bonds. The van der Waals surface area contributed by atoms with E-state index >= 15 is 0 Å². The van der Waals surface area contributed by atoms with Crippen LogP contribution in [0.5, 0.6) is 0 Å². The van der Waals surface area contributed by atoms with Gasteiger partial charge in [-0.3, -0.25) is 4.79 Å². The summed E-state index contributed by atoms with van der Waals surface area (Å²) in [5.41, 5.74) is 7.94. The summed E-state index contributed by atoms with van der Waals surface area (Å²) in [4.78, 5) is 14.2. The third kappa shape index (κ3) is 3.27. The summed E-state index contributed by atoms with van der Waals surface area (Å²) >= 11 is 1.79. The molecule has 3 nitrogen and oxygen atoms in total. The monoisotopic (exact) mass is 264 g/mol. The number of rotatable bonds is 3. The maximum Gasteiger partial charge on any atom is 0.253 e. The fourth-order valence-corrected chi connectivity index (χ4v) is 2.81. The molecule has 1 aliphatic heterocycles. The molecule has 0 unspecified atom stereocenters. The van der Waals surface area contributed by atoms with Gasteiger partial charge in [0.05, 0.1) is 0 Å². The van der Waals surface area contributed by atoms with Crippen LogP contribution in [0.3, 0.4) is 0 Å². The Kier molecular flexibility index (Phi) is 4.66. The van der Waals surface area contributed by atoms with Crippen LogP contribution < -0.4 is 5.73 Å². The molecule has 0 bridgehead atoms. The molecule has 1 heterocycles. The molecule has 1 aliphatic rings. The minimum atomic E-state index is 0.112. The van der Waals surface area contributed by atoms with Gasteiger partial charge in [-0.1, -0.05) is 12.1 Å². The van der Waals surface area contributed by atoms with Gasteiger partial charge in [-0.15, -0.1) is 0 Å². The Balaban J connectivity index is 2.03. The van der Waals surface area contributed by atoms with Crippen LogP contribution in [0.2, 0.25) is 0 Å². The topological polar surface area (TPSA) is 46.3 Å². The smallest absolute Gasteiger partial charge is 0.253 e. The van der Waals surface area contributed by atoms with E-state index in [1.807, 2.05) is 29.2 Å². The minimum absolute atomic E-state index is 0.112. The summed E-state index contributed by atoms with van der Waals surface area (Å²) in [5.74, 6) is 1.10. The summed E-state index contributed by atoms with van der Waals surface area (Å²) < 4.78 is 0. The van der Waals surface area contributed by atoms with Crippen molar-refractivity contribution in [1.82, 2.24) is 4.90 Å². The van der Waals surface area contributed by atoms with Crippen LogP contribution in [0.4, 0.5) is 0 Å². The van der Waals surface area contributed by atoms with Gasteiger partial charge in [0.1, 0.15) is 0 Å². The molecular formula is C14H20N2OS. The van der Waals surface area contributed by atoms with E-state index in [9.17, 15) is 4.79 Å². The van der Waals surface area contributed by atoms with E-state index in [-0.39, 0.29) is 11.9 Å². The molecule has 2 rings (SSSR count). The van der Waals surface area contributed by atoms with Gasteiger partial charge in [0.2, 0.25) is 0 Å². The van der Waals surface area contributed by atoms with E-state index in [2.05, 4.69) is 6.26 Å². The standard InChI is InChI=1S/C14H20N2OS/c1-18-10-11-4-6-12(7-5-11)14(17)16-8-2-3-13(15)9-16/h4-7,13H,2-3,8-10,15H2,1H3/t13-/m0/s1. The maximum atomic E-state index is 12.3. The highest BCUT2D eigenvalue weighted by atomic mass is 32.2. The van der Waals surface area contributed by atoms with Crippen molar-refractivity contribution in [3.05, 3.63) is 35.4 Å². The van der Waals surface area contributed by atoms with Gasteiger partial charge in [-0.25, -0.2) is 0 Å². The summed E-state index contributed by atoms with van der Waals surface area (Å²) in [6, 6.07) is 8.06. The van der Waals surface area contributed by atoms with Gasteiger partial charge in [0.15, 0.2) is 0 Å². The third-order valence-corrected chi connectivity index (χ3v) is 3.88. The lowest BCUT2D eigenvalue weighted by Crippen LogP contribution is -2.45. The zero-order valence-electron chi connectivity index (χ0n) is 10.8. The molecule has 0 radical (unpaired) electrons. The highest BCUT2D eigenvalue weighted by Gasteiger charge is 2.21. The molecule has 2 N–H and O–H groups in total. The van der Waals surface area contributed by atoms with Crippen molar-refractivity contribution in [2.45, 2.75) is 24.6 Å².